The average Bonchev–Trinajstić information content (AvgIpc) is 2.96. The van der Waals surface area contributed by atoms with Crippen LogP contribution in [0.2, 0.25) is 0 Å². The van der Waals surface area contributed by atoms with Gasteiger partial charge in [-0.25, -0.2) is 8.78 Å². The highest BCUT2D eigenvalue weighted by atomic mass is 19.1. The Morgan fingerprint density at radius 2 is 2.07 bits per heavy atom. The van der Waals surface area contributed by atoms with E-state index < -0.39 is 17.4 Å². The van der Waals surface area contributed by atoms with Gasteiger partial charge in [-0.15, -0.1) is 0 Å². The maximum atomic E-state index is 14.0. The highest BCUT2D eigenvalue weighted by molar-refractivity contribution is 5.70. The third-order valence-electron chi connectivity index (χ3n) is 4.17. The second kappa shape index (κ2) is 8.00. The molecule has 3 rings (SSSR count). The molecule has 0 aliphatic carbocycles. The van der Waals surface area contributed by atoms with Gasteiger partial charge in [-0.05, 0) is 32.0 Å². The Morgan fingerprint density at radius 3 is 2.71 bits per heavy atom. The maximum Gasteiger partial charge on any atom is 0.163 e. The molecule has 1 aliphatic heterocycles. The minimum absolute atomic E-state index is 0.00964. The molecule has 0 aromatic heterocycles. The lowest BCUT2D eigenvalue weighted by atomic mass is 10.1. The highest BCUT2D eigenvalue weighted by Gasteiger charge is 2.32. The van der Waals surface area contributed by atoms with E-state index in [0.717, 1.165) is 18.2 Å². The smallest absolute Gasteiger partial charge is 0.163 e. The summed E-state index contributed by atoms with van der Waals surface area (Å²) in [5.41, 5.74) is 0.0889. The fourth-order valence-corrected chi connectivity index (χ4v) is 2.87. The first-order chi connectivity index (χ1) is 13.3. The zero-order valence-corrected chi connectivity index (χ0v) is 15.5. The van der Waals surface area contributed by atoms with Crippen LogP contribution in [0.3, 0.4) is 0 Å². The van der Waals surface area contributed by atoms with Gasteiger partial charge < -0.3 is 24.6 Å². The summed E-state index contributed by atoms with van der Waals surface area (Å²) in [5.74, 6) is -2.23. The SMILES string of the molecule is CC1(C)OC[C@@H](CCOc2cc(F)cc(Nc3ccc(O)cc3F)c2C#N)O1. The number of anilines is 2. The quantitative estimate of drug-likeness (QED) is 0.719. The second-order valence-corrected chi connectivity index (χ2v) is 6.82. The van der Waals surface area contributed by atoms with Gasteiger partial charge in [0.05, 0.1) is 30.7 Å². The van der Waals surface area contributed by atoms with E-state index in [1.807, 2.05) is 19.9 Å². The maximum absolute atomic E-state index is 14.0. The van der Waals surface area contributed by atoms with Crippen LogP contribution in [0.25, 0.3) is 0 Å². The third-order valence-corrected chi connectivity index (χ3v) is 4.17. The first-order valence-electron chi connectivity index (χ1n) is 8.71. The van der Waals surface area contributed by atoms with Crippen molar-refractivity contribution in [2.45, 2.75) is 32.2 Å². The van der Waals surface area contributed by atoms with Crippen LogP contribution < -0.4 is 10.1 Å². The molecule has 0 spiro atoms. The van der Waals surface area contributed by atoms with Gasteiger partial charge in [-0.2, -0.15) is 5.26 Å². The topological polar surface area (TPSA) is 83.7 Å². The summed E-state index contributed by atoms with van der Waals surface area (Å²) in [7, 11) is 0. The lowest BCUT2D eigenvalue weighted by Crippen LogP contribution is -2.22. The molecule has 2 aromatic rings. The summed E-state index contributed by atoms with van der Waals surface area (Å²) >= 11 is 0. The van der Waals surface area contributed by atoms with Gasteiger partial charge >= 0.3 is 0 Å². The number of nitrogens with one attached hydrogen (secondary N) is 1. The standard InChI is InChI=1S/C20H20F2N2O4/c1-20(2)27-11-14(28-20)5-6-26-19-8-12(21)7-18(15(19)10-23)24-17-4-3-13(25)9-16(17)22/h3-4,7-9,14,24-25H,5-6,11H2,1-2H3/t14-/m1/s1. The summed E-state index contributed by atoms with van der Waals surface area (Å²) in [6.07, 6.45) is 0.345. The van der Waals surface area contributed by atoms with E-state index in [-0.39, 0.29) is 41.1 Å². The van der Waals surface area contributed by atoms with Gasteiger partial charge in [-0.3, -0.25) is 0 Å². The normalized spacial score (nSPS) is 17.9. The number of phenolic OH excluding ortho intramolecular Hbond substituents is 1. The largest absolute Gasteiger partial charge is 0.508 e. The Balaban J connectivity index is 1.74. The van der Waals surface area contributed by atoms with E-state index in [0.29, 0.717) is 13.0 Å². The fraction of sp³-hybridized carbons (Fsp3) is 0.350. The molecule has 1 aliphatic rings. The molecule has 1 saturated heterocycles. The van der Waals surface area contributed by atoms with Gasteiger partial charge in [0.2, 0.25) is 0 Å². The van der Waals surface area contributed by atoms with Gasteiger partial charge in [0.1, 0.15) is 34.8 Å². The lowest BCUT2D eigenvalue weighted by molar-refractivity contribution is -0.139. The zero-order valence-electron chi connectivity index (χ0n) is 15.5. The summed E-state index contributed by atoms with van der Waals surface area (Å²) < 4.78 is 44.7. The fourth-order valence-electron chi connectivity index (χ4n) is 2.87. The molecule has 8 heteroatoms. The van der Waals surface area contributed by atoms with E-state index in [1.165, 1.54) is 12.1 Å². The average molecular weight is 390 g/mol. The molecule has 148 valence electrons. The molecule has 0 saturated carbocycles. The van der Waals surface area contributed by atoms with Gasteiger partial charge in [0, 0.05) is 18.6 Å². The van der Waals surface area contributed by atoms with Crippen LogP contribution in [0.1, 0.15) is 25.8 Å². The molecular formula is C20H20F2N2O4. The van der Waals surface area contributed by atoms with Crippen molar-refractivity contribution in [1.82, 2.24) is 0 Å². The molecule has 0 bridgehead atoms. The third kappa shape index (κ3) is 4.68. The molecule has 2 N–H and O–H groups in total. The van der Waals surface area contributed by atoms with Crippen LogP contribution in [0.15, 0.2) is 30.3 Å². The Kier molecular flexibility index (Phi) is 5.68. The Bertz CT molecular complexity index is 912. The molecular weight excluding hydrogens is 370 g/mol. The molecule has 1 atom stereocenters. The minimum atomic E-state index is -0.739. The van der Waals surface area contributed by atoms with Crippen LogP contribution in [-0.2, 0) is 9.47 Å². The van der Waals surface area contributed by atoms with Crippen LogP contribution in [-0.4, -0.2) is 30.2 Å². The number of halogens is 2. The van der Waals surface area contributed by atoms with Gasteiger partial charge in [-0.1, -0.05) is 0 Å². The first kappa shape index (κ1) is 19.9. The number of phenols is 1. The number of aromatic hydroxyl groups is 1. The van der Waals surface area contributed by atoms with Crippen molar-refractivity contribution >= 4 is 11.4 Å². The molecule has 2 aromatic carbocycles. The summed E-state index contributed by atoms with van der Waals surface area (Å²) in [5, 5.41) is 21.5. The van der Waals surface area contributed by atoms with Crippen molar-refractivity contribution in [1.29, 1.82) is 5.26 Å². The van der Waals surface area contributed by atoms with Crippen molar-refractivity contribution in [3.05, 3.63) is 47.5 Å². The monoisotopic (exact) mass is 390 g/mol. The van der Waals surface area contributed by atoms with Crippen LogP contribution in [0.4, 0.5) is 20.2 Å². The Labute approximate surface area is 161 Å². The minimum Gasteiger partial charge on any atom is -0.508 e. The van der Waals surface area contributed by atoms with Crippen LogP contribution in [0.5, 0.6) is 11.5 Å². The van der Waals surface area contributed by atoms with Gasteiger partial charge in [0.25, 0.3) is 0 Å². The first-order valence-corrected chi connectivity index (χ1v) is 8.71. The zero-order chi connectivity index (χ0) is 20.3. The number of hydrogen-bond donors (Lipinski definition) is 2. The predicted molar refractivity (Wildman–Crippen MR) is 97.5 cm³/mol. The number of hydrogen-bond acceptors (Lipinski definition) is 6. The van der Waals surface area contributed by atoms with E-state index in [1.54, 1.807) is 0 Å². The van der Waals surface area contributed by atoms with Crippen molar-refractivity contribution < 1.29 is 28.1 Å². The summed E-state index contributed by atoms with van der Waals surface area (Å²) in [6.45, 7) is 4.25. The van der Waals surface area contributed by atoms with E-state index in [2.05, 4.69) is 5.32 Å². The molecule has 6 nitrogen and oxygen atoms in total. The molecule has 0 amide bonds. The molecule has 28 heavy (non-hydrogen) atoms. The summed E-state index contributed by atoms with van der Waals surface area (Å²) in [4.78, 5) is 0. The molecule has 0 radical (unpaired) electrons. The second-order valence-electron chi connectivity index (χ2n) is 6.82. The van der Waals surface area contributed by atoms with Crippen molar-refractivity contribution in [2.75, 3.05) is 18.5 Å². The number of benzene rings is 2. The van der Waals surface area contributed by atoms with Gasteiger partial charge in [0.15, 0.2) is 5.79 Å². The van der Waals surface area contributed by atoms with E-state index >= 15 is 0 Å². The lowest BCUT2D eigenvalue weighted by Gasteiger charge is -2.17. The van der Waals surface area contributed by atoms with E-state index in [9.17, 15) is 19.1 Å². The number of rotatable bonds is 6. The summed E-state index contributed by atoms with van der Waals surface area (Å²) in [6, 6.07) is 7.61. The highest BCUT2D eigenvalue weighted by Crippen LogP contribution is 2.32. The number of ether oxygens (including phenoxy) is 3. The number of nitriles is 1. The molecule has 1 fully saturated rings. The van der Waals surface area contributed by atoms with Crippen molar-refractivity contribution in [2.24, 2.45) is 0 Å². The molecule has 1 heterocycles. The van der Waals surface area contributed by atoms with Crippen LogP contribution in [0, 0.1) is 23.0 Å². The Morgan fingerprint density at radius 1 is 1.29 bits per heavy atom. The van der Waals surface area contributed by atoms with Crippen LogP contribution >= 0.6 is 0 Å². The Hall–Kier alpha value is -2.89. The van der Waals surface area contributed by atoms with E-state index in [4.69, 9.17) is 14.2 Å². The molecule has 0 unspecified atom stereocenters. The predicted octanol–water partition coefficient (Wildman–Crippen LogP) is 4.21. The van der Waals surface area contributed by atoms with Crippen molar-refractivity contribution in [3.8, 4) is 17.6 Å². The number of nitrogens with zero attached hydrogens (tertiary/aromatic N) is 1. The van der Waals surface area contributed by atoms with Crippen molar-refractivity contribution in [3.63, 3.8) is 0 Å².